The van der Waals surface area contributed by atoms with E-state index in [9.17, 15) is 0 Å². The summed E-state index contributed by atoms with van der Waals surface area (Å²) in [5.74, 6) is 2.56. The van der Waals surface area contributed by atoms with Gasteiger partial charge >= 0.3 is 0 Å². The summed E-state index contributed by atoms with van der Waals surface area (Å²) in [6.07, 6.45) is 6.07. The highest BCUT2D eigenvalue weighted by Crippen LogP contribution is 2.37. The molecule has 7 heterocycles. The topological polar surface area (TPSA) is 92.5 Å². The molecule has 0 aliphatic carbocycles. The molecule has 0 radical (unpaired) electrons. The molecule has 1 N–H and O–H groups in total. The van der Waals surface area contributed by atoms with Gasteiger partial charge in [-0.1, -0.05) is 12.1 Å². The van der Waals surface area contributed by atoms with E-state index in [1.807, 2.05) is 18.5 Å². The molecule has 0 amide bonds. The Kier molecular flexibility index (Phi) is 4.38. The summed E-state index contributed by atoms with van der Waals surface area (Å²) in [4.78, 5) is 22.7. The molecule has 1 fully saturated rings. The third kappa shape index (κ3) is 3.13. The van der Waals surface area contributed by atoms with Gasteiger partial charge in [-0.2, -0.15) is 0 Å². The van der Waals surface area contributed by atoms with Crippen molar-refractivity contribution in [1.29, 1.82) is 0 Å². The number of nitrogens with one attached hydrogen (secondary N) is 1. The van der Waals surface area contributed by atoms with Gasteiger partial charge < -0.3 is 23.8 Å². The van der Waals surface area contributed by atoms with Gasteiger partial charge in [-0.05, 0) is 29.8 Å². The van der Waals surface area contributed by atoms with Crippen molar-refractivity contribution in [3.8, 4) is 11.4 Å². The van der Waals surface area contributed by atoms with E-state index in [-0.39, 0.29) is 0 Å². The number of ether oxygens (including phenoxy) is 2. The highest BCUT2D eigenvalue weighted by atomic mass is 16.5. The van der Waals surface area contributed by atoms with E-state index in [2.05, 4.69) is 45.1 Å². The third-order valence-corrected chi connectivity index (χ3v) is 7.39. The molecule has 8 rings (SSSR count). The minimum Gasteiger partial charge on any atom is -0.495 e. The summed E-state index contributed by atoms with van der Waals surface area (Å²) in [5.41, 5.74) is 5.24. The second-order valence-electron chi connectivity index (χ2n) is 9.61. The van der Waals surface area contributed by atoms with Crippen LogP contribution in [0.25, 0.3) is 44.5 Å². The van der Waals surface area contributed by atoms with Gasteiger partial charge in [0.2, 0.25) is 5.71 Å². The molecule has 0 saturated carbocycles. The molecule has 9 heteroatoms. The highest BCUT2D eigenvalue weighted by Gasteiger charge is 2.32. The lowest BCUT2D eigenvalue weighted by Crippen LogP contribution is -2.37. The Balaban J connectivity index is 1.29. The smallest absolute Gasteiger partial charge is 0.229 e. The number of hydrogen-bond acceptors (Lipinski definition) is 8. The lowest BCUT2D eigenvalue weighted by molar-refractivity contribution is 0.0932. The predicted molar refractivity (Wildman–Crippen MR) is 136 cm³/mol. The molecular formula is C27H24N6O3. The van der Waals surface area contributed by atoms with Crippen LogP contribution in [-0.4, -0.2) is 70.3 Å². The number of aromatic amines is 1. The first kappa shape index (κ1) is 20.3. The molecule has 3 aliphatic heterocycles. The monoisotopic (exact) mass is 480 g/mol. The Hall–Kier alpha value is -3.95. The molecule has 36 heavy (non-hydrogen) atoms. The van der Waals surface area contributed by atoms with Crippen LogP contribution in [0.15, 0.2) is 59.0 Å². The second kappa shape index (κ2) is 7.78. The number of morpholine rings is 2. The summed E-state index contributed by atoms with van der Waals surface area (Å²) in [7, 11) is 0. The summed E-state index contributed by atoms with van der Waals surface area (Å²) in [5, 5.41) is 2.01. The van der Waals surface area contributed by atoms with Crippen molar-refractivity contribution in [1.82, 2.24) is 24.8 Å². The van der Waals surface area contributed by atoms with Crippen LogP contribution >= 0.6 is 0 Å². The SMILES string of the molecule is C1=C2CN(Cc3cnc4oc5c(N6CCOCC6)nc(-c6cccc7[nH]ccc67)nc5c4c3)[C@H]1CO2. The fourth-order valence-corrected chi connectivity index (χ4v) is 5.57. The zero-order valence-corrected chi connectivity index (χ0v) is 19.6. The van der Waals surface area contributed by atoms with Crippen molar-refractivity contribution in [3.63, 3.8) is 0 Å². The van der Waals surface area contributed by atoms with E-state index in [1.165, 1.54) is 0 Å². The Morgan fingerprint density at radius 3 is 2.89 bits per heavy atom. The first-order valence-corrected chi connectivity index (χ1v) is 12.4. The number of pyridine rings is 1. The van der Waals surface area contributed by atoms with Gasteiger partial charge in [-0.25, -0.2) is 15.0 Å². The predicted octanol–water partition coefficient (Wildman–Crippen LogP) is 3.85. The quantitative estimate of drug-likeness (QED) is 0.415. The maximum Gasteiger partial charge on any atom is 0.229 e. The number of fused-ring (bicyclic) bond motifs is 5. The fourth-order valence-electron chi connectivity index (χ4n) is 5.57. The van der Waals surface area contributed by atoms with Crippen LogP contribution in [0.2, 0.25) is 0 Å². The number of furan rings is 1. The number of H-pyrrole nitrogens is 1. The van der Waals surface area contributed by atoms with Crippen LogP contribution in [0, 0.1) is 0 Å². The van der Waals surface area contributed by atoms with Crippen LogP contribution in [0.1, 0.15) is 5.56 Å². The summed E-state index contributed by atoms with van der Waals surface area (Å²) >= 11 is 0. The average Bonchev–Trinajstić information content (AvgIpc) is 3.72. The van der Waals surface area contributed by atoms with Crippen molar-refractivity contribution >= 4 is 38.9 Å². The maximum atomic E-state index is 6.31. The van der Waals surface area contributed by atoms with Gasteiger partial charge in [0.15, 0.2) is 17.2 Å². The van der Waals surface area contributed by atoms with Gasteiger partial charge in [0.05, 0.1) is 31.2 Å². The van der Waals surface area contributed by atoms with E-state index >= 15 is 0 Å². The van der Waals surface area contributed by atoms with Crippen molar-refractivity contribution in [2.24, 2.45) is 0 Å². The molecule has 0 spiro atoms. The number of benzene rings is 1. The molecule has 4 aromatic heterocycles. The lowest BCUT2D eigenvalue weighted by atomic mass is 10.1. The molecule has 3 aliphatic rings. The molecule has 1 atom stereocenters. The molecule has 0 unspecified atom stereocenters. The van der Waals surface area contributed by atoms with Crippen LogP contribution in [0.5, 0.6) is 0 Å². The molecule has 5 aromatic rings. The van der Waals surface area contributed by atoms with E-state index < -0.39 is 0 Å². The zero-order valence-electron chi connectivity index (χ0n) is 19.6. The Bertz CT molecular complexity index is 1660. The Morgan fingerprint density at radius 2 is 2.03 bits per heavy atom. The van der Waals surface area contributed by atoms with E-state index in [1.54, 1.807) is 0 Å². The summed E-state index contributed by atoms with van der Waals surface area (Å²) in [6.45, 7) is 5.22. The third-order valence-electron chi connectivity index (χ3n) is 7.39. The first-order chi connectivity index (χ1) is 17.8. The molecule has 180 valence electrons. The van der Waals surface area contributed by atoms with Gasteiger partial charge in [0.1, 0.15) is 17.9 Å². The van der Waals surface area contributed by atoms with Crippen molar-refractivity contribution in [2.45, 2.75) is 12.6 Å². The number of hydrogen-bond donors (Lipinski definition) is 1. The molecule has 2 bridgehead atoms. The average molecular weight is 481 g/mol. The number of nitrogens with zero attached hydrogens (tertiary/aromatic N) is 5. The second-order valence-corrected chi connectivity index (χ2v) is 9.61. The van der Waals surface area contributed by atoms with Crippen LogP contribution in [-0.2, 0) is 16.0 Å². The number of aromatic nitrogens is 4. The molecule has 1 aromatic carbocycles. The zero-order chi connectivity index (χ0) is 23.6. The van der Waals surface area contributed by atoms with E-state index in [0.29, 0.717) is 36.4 Å². The summed E-state index contributed by atoms with van der Waals surface area (Å²) in [6, 6.07) is 10.8. The standard InChI is InChI=1S/C27H24N6O3/c1-2-20(19-4-5-28-22(19)3-1)25-30-23-21-10-16(13-33-14-18-11-17(33)15-35-18)12-29-27(21)36-24(23)26(31-25)32-6-8-34-9-7-32/h1-5,10-12,17,28H,6-9,13-15H2/t17-/m1/s1. The highest BCUT2D eigenvalue weighted by molar-refractivity contribution is 6.06. The maximum absolute atomic E-state index is 6.31. The summed E-state index contributed by atoms with van der Waals surface area (Å²) < 4.78 is 17.6. The minimum atomic E-state index is 0.348. The van der Waals surface area contributed by atoms with Gasteiger partial charge in [0, 0.05) is 48.5 Å². The van der Waals surface area contributed by atoms with E-state index in [4.69, 9.17) is 28.8 Å². The normalized spacial score (nSPS) is 20.1. The van der Waals surface area contributed by atoms with Gasteiger partial charge in [0.25, 0.3) is 0 Å². The molecular weight excluding hydrogens is 456 g/mol. The van der Waals surface area contributed by atoms with Crippen molar-refractivity contribution < 1.29 is 13.9 Å². The molecule has 1 saturated heterocycles. The number of rotatable bonds is 4. The largest absolute Gasteiger partial charge is 0.495 e. The van der Waals surface area contributed by atoms with Crippen LogP contribution in [0.4, 0.5) is 5.82 Å². The van der Waals surface area contributed by atoms with Gasteiger partial charge in [-0.15, -0.1) is 0 Å². The van der Waals surface area contributed by atoms with Crippen molar-refractivity contribution in [2.75, 3.05) is 44.4 Å². The van der Waals surface area contributed by atoms with Crippen LogP contribution < -0.4 is 4.90 Å². The lowest BCUT2D eigenvalue weighted by Gasteiger charge is -2.27. The first-order valence-electron chi connectivity index (χ1n) is 12.4. The molecule has 9 nitrogen and oxygen atoms in total. The number of anilines is 1. The minimum absolute atomic E-state index is 0.348. The van der Waals surface area contributed by atoms with Gasteiger partial charge in [-0.3, -0.25) is 4.90 Å². The Labute approximate surface area is 206 Å². The fraction of sp³-hybridized carbons (Fsp3) is 0.296. The van der Waals surface area contributed by atoms with E-state index in [0.717, 1.165) is 77.3 Å². The van der Waals surface area contributed by atoms with Crippen LogP contribution in [0.3, 0.4) is 0 Å². The van der Waals surface area contributed by atoms with Crippen molar-refractivity contribution in [3.05, 3.63) is 60.1 Å². The Morgan fingerprint density at radius 1 is 1.08 bits per heavy atom.